The Kier molecular flexibility index (Phi) is 3.12. The van der Waals surface area contributed by atoms with Crippen LogP contribution in [0.2, 0.25) is 5.02 Å². The topological polar surface area (TPSA) is 77.8 Å². The van der Waals surface area contributed by atoms with Gasteiger partial charge in [-0.15, -0.1) is 10.2 Å². The zero-order valence-electron chi connectivity index (χ0n) is 10.7. The molecule has 100 valence electrons. The van der Waals surface area contributed by atoms with E-state index in [1.807, 2.05) is 13.0 Å². The predicted octanol–water partition coefficient (Wildman–Crippen LogP) is 3.34. The third-order valence-corrected chi connectivity index (χ3v) is 3.13. The Morgan fingerprint density at radius 3 is 2.75 bits per heavy atom. The molecule has 0 amide bonds. The predicted molar refractivity (Wildman–Crippen MR) is 77.1 cm³/mol. The molecule has 0 saturated heterocycles. The number of rotatable bonds is 2. The van der Waals surface area contributed by atoms with Crippen LogP contribution in [0.4, 0.5) is 5.69 Å². The van der Waals surface area contributed by atoms with E-state index in [0.717, 1.165) is 11.1 Å². The SMILES string of the molecule is Cc1cc(Cl)cc(-c2nnc(-c3cccnc3)o2)c1N. The van der Waals surface area contributed by atoms with E-state index in [2.05, 4.69) is 15.2 Å². The first-order valence-electron chi connectivity index (χ1n) is 5.95. The molecule has 5 nitrogen and oxygen atoms in total. The molecule has 0 aliphatic rings. The maximum Gasteiger partial charge on any atom is 0.250 e. The second-order valence-electron chi connectivity index (χ2n) is 4.34. The van der Waals surface area contributed by atoms with E-state index in [-0.39, 0.29) is 0 Å². The number of nitrogen functional groups attached to an aromatic ring is 1. The average Bonchev–Trinajstić information content (AvgIpc) is 2.93. The van der Waals surface area contributed by atoms with Gasteiger partial charge in [-0.1, -0.05) is 11.6 Å². The minimum atomic E-state index is 0.340. The highest BCUT2D eigenvalue weighted by Gasteiger charge is 2.15. The average molecular weight is 287 g/mol. The third kappa shape index (κ3) is 2.23. The fourth-order valence-electron chi connectivity index (χ4n) is 1.87. The van der Waals surface area contributed by atoms with Crippen LogP contribution in [0.1, 0.15) is 5.56 Å². The molecule has 2 N–H and O–H groups in total. The van der Waals surface area contributed by atoms with Crippen molar-refractivity contribution in [2.24, 2.45) is 0 Å². The van der Waals surface area contributed by atoms with Crippen LogP contribution in [0.3, 0.4) is 0 Å². The van der Waals surface area contributed by atoms with Crippen LogP contribution in [0.15, 0.2) is 41.1 Å². The Labute approximate surface area is 120 Å². The molecule has 20 heavy (non-hydrogen) atoms. The van der Waals surface area contributed by atoms with Gasteiger partial charge in [-0.25, -0.2) is 0 Å². The number of nitrogens with zero attached hydrogens (tertiary/aromatic N) is 3. The molecule has 1 aromatic carbocycles. The quantitative estimate of drug-likeness (QED) is 0.731. The Morgan fingerprint density at radius 1 is 1.20 bits per heavy atom. The lowest BCUT2D eigenvalue weighted by molar-refractivity contribution is 0.584. The molecule has 0 radical (unpaired) electrons. The van der Waals surface area contributed by atoms with Gasteiger partial charge in [-0.2, -0.15) is 0 Å². The van der Waals surface area contributed by atoms with Crippen LogP contribution in [-0.2, 0) is 0 Å². The zero-order valence-corrected chi connectivity index (χ0v) is 11.4. The van der Waals surface area contributed by atoms with Crippen molar-refractivity contribution < 1.29 is 4.42 Å². The molecule has 0 aliphatic heterocycles. The molecule has 0 spiro atoms. The first kappa shape index (κ1) is 12.6. The Balaban J connectivity index is 2.07. The molecule has 0 atom stereocenters. The van der Waals surface area contributed by atoms with Crippen molar-refractivity contribution >= 4 is 17.3 Å². The Bertz CT molecular complexity index is 755. The molecule has 0 aliphatic carbocycles. The van der Waals surface area contributed by atoms with E-state index < -0.39 is 0 Å². The van der Waals surface area contributed by atoms with Crippen LogP contribution in [0.25, 0.3) is 22.9 Å². The van der Waals surface area contributed by atoms with Gasteiger partial charge in [0.2, 0.25) is 11.8 Å². The Morgan fingerprint density at radius 2 is 2.00 bits per heavy atom. The fraction of sp³-hybridized carbons (Fsp3) is 0.0714. The van der Waals surface area contributed by atoms with Crippen molar-refractivity contribution in [1.29, 1.82) is 0 Å². The van der Waals surface area contributed by atoms with E-state index in [1.165, 1.54) is 0 Å². The number of anilines is 1. The number of aromatic nitrogens is 3. The lowest BCUT2D eigenvalue weighted by atomic mass is 10.1. The smallest absolute Gasteiger partial charge is 0.250 e. The highest BCUT2D eigenvalue weighted by Crippen LogP contribution is 2.32. The number of hydrogen-bond acceptors (Lipinski definition) is 5. The van der Waals surface area contributed by atoms with Crippen LogP contribution < -0.4 is 5.73 Å². The number of hydrogen-bond donors (Lipinski definition) is 1. The standard InChI is InChI=1S/C14H11ClN4O/c1-8-5-10(15)6-11(12(8)16)14-19-18-13(20-14)9-3-2-4-17-7-9/h2-7H,16H2,1H3. The summed E-state index contributed by atoms with van der Waals surface area (Å²) in [5.41, 5.74) is 8.87. The minimum absolute atomic E-state index is 0.340. The van der Waals surface area contributed by atoms with Gasteiger partial charge in [-0.05, 0) is 36.8 Å². The summed E-state index contributed by atoms with van der Waals surface area (Å²) >= 11 is 6.04. The normalized spacial score (nSPS) is 10.7. The molecule has 2 aromatic heterocycles. The number of pyridine rings is 1. The summed E-state index contributed by atoms with van der Waals surface area (Å²) in [6, 6.07) is 7.15. The summed E-state index contributed by atoms with van der Waals surface area (Å²) in [7, 11) is 0. The van der Waals surface area contributed by atoms with Crippen LogP contribution in [-0.4, -0.2) is 15.2 Å². The lowest BCUT2D eigenvalue weighted by Gasteiger charge is -2.05. The minimum Gasteiger partial charge on any atom is -0.416 e. The molecule has 0 bridgehead atoms. The molecule has 3 rings (SSSR count). The number of aryl methyl sites for hydroxylation is 1. The van der Waals surface area contributed by atoms with Gasteiger partial charge in [0.1, 0.15) is 0 Å². The maximum atomic E-state index is 6.04. The highest BCUT2D eigenvalue weighted by atomic mass is 35.5. The van der Waals surface area contributed by atoms with Gasteiger partial charge in [0.15, 0.2) is 0 Å². The van der Waals surface area contributed by atoms with Crippen molar-refractivity contribution in [3.8, 4) is 22.9 Å². The summed E-state index contributed by atoms with van der Waals surface area (Å²) in [6.07, 6.45) is 3.34. The van der Waals surface area contributed by atoms with E-state index >= 15 is 0 Å². The zero-order chi connectivity index (χ0) is 14.1. The first-order valence-corrected chi connectivity index (χ1v) is 6.33. The lowest BCUT2D eigenvalue weighted by Crippen LogP contribution is -1.94. The first-order chi connectivity index (χ1) is 9.65. The highest BCUT2D eigenvalue weighted by molar-refractivity contribution is 6.31. The summed E-state index contributed by atoms with van der Waals surface area (Å²) < 4.78 is 5.65. The third-order valence-electron chi connectivity index (χ3n) is 2.92. The largest absolute Gasteiger partial charge is 0.416 e. The number of halogens is 1. The number of benzene rings is 1. The van der Waals surface area contributed by atoms with E-state index in [1.54, 1.807) is 30.6 Å². The van der Waals surface area contributed by atoms with Crippen molar-refractivity contribution in [2.75, 3.05) is 5.73 Å². The molecule has 0 unspecified atom stereocenters. The molecule has 6 heteroatoms. The van der Waals surface area contributed by atoms with E-state index in [0.29, 0.717) is 28.1 Å². The molecular formula is C14H11ClN4O. The van der Waals surface area contributed by atoms with Gasteiger partial charge < -0.3 is 10.2 Å². The van der Waals surface area contributed by atoms with Crippen LogP contribution >= 0.6 is 11.6 Å². The molecule has 0 fully saturated rings. The molecule has 0 saturated carbocycles. The van der Waals surface area contributed by atoms with Crippen molar-refractivity contribution in [1.82, 2.24) is 15.2 Å². The van der Waals surface area contributed by atoms with Gasteiger partial charge in [0.05, 0.1) is 11.1 Å². The maximum absolute atomic E-state index is 6.04. The molecule has 3 aromatic rings. The van der Waals surface area contributed by atoms with Crippen LogP contribution in [0.5, 0.6) is 0 Å². The second kappa shape index (κ2) is 4.94. The van der Waals surface area contributed by atoms with Gasteiger partial charge in [-0.3, -0.25) is 4.98 Å². The van der Waals surface area contributed by atoms with Gasteiger partial charge in [0.25, 0.3) is 0 Å². The summed E-state index contributed by atoms with van der Waals surface area (Å²) in [5, 5.41) is 8.61. The van der Waals surface area contributed by atoms with Gasteiger partial charge in [0, 0.05) is 23.1 Å². The fourth-order valence-corrected chi connectivity index (χ4v) is 2.14. The van der Waals surface area contributed by atoms with Crippen LogP contribution in [0, 0.1) is 6.92 Å². The molecular weight excluding hydrogens is 276 g/mol. The van der Waals surface area contributed by atoms with E-state index in [9.17, 15) is 0 Å². The Hall–Kier alpha value is -2.40. The monoisotopic (exact) mass is 286 g/mol. The summed E-state index contributed by atoms with van der Waals surface area (Å²) in [6.45, 7) is 1.88. The summed E-state index contributed by atoms with van der Waals surface area (Å²) in [4.78, 5) is 4.02. The number of nitrogens with two attached hydrogens (primary N) is 1. The van der Waals surface area contributed by atoms with Gasteiger partial charge >= 0.3 is 0 Å². The molecule has 2 heterocycles. The summed E-state index contributed by atoms with van der Waals surface area (Å²) in [5.74, 6) is 0.733. The van der Waals surface area contributed by atoms with Crippen molar-refractivity contribution in [3.63, 3.8) is 0 Å². The van der Waals surface area contributed by atoms with E-state index in [4.69, 9.17) is 21.8 Å². The van der Waals surface area contributed by atoms with Crippen molar-refractivity contribution in [2.45, 2.75) is 6.92 Å². The van der Waals surface area contributed by atoms with Crippen molar-refractivity contribution in [3.05, 3.63) is 47.2 Å². The second-order valence-corrected chi connectivity index (χ2v) is 4.77.